The zero-order chi connectivity index (χ0) is 21.1. The molecule has 1 heterocycles. The number of aryl methyl sites for hydroxylation is 1. The number of fused-ring (bicyclic) bond motifs is 1. The smallest absolute Gasteiger partial charge is 0.223 e. The Morgan fingerprint density at radius 3 is 2.60 bits per heavy atom. The maximum absolute atomic E-state index is 12.9. The first-order valence-electron chi connectivity index (χ1n) is 10.5. The van der Waals surface area contributed by atoms with E-state index in [-0.39, 0.29) is 23.6 Å². The van der Waals surface area contributed by atoms with Crippen LogP contribution in [0.5, 0.6) is 0 Å². The van der Waals surface area contributed by atoms with Crippen molar-refractivity contribution in [3.8, 4) is 0 Å². The molecule has 0 unspecified atom stereocenters. The third-order valence-corrected chi connectivity index (χ3v) is 8.49. The Kier molecular flexibility index (Phi) is 6.60. The third kappa shape index (κ3) is 4.95. The molecule has 7 heteroatoms. The highest BCUT2D eigenvalue weighted by molar-refractivity contribution is 9.10. The van der Waals surface area contributed by atoms with E-state index in [1.165, 1.54) is 15.4 Å². The van der Waals surface area contributed by atoms with E-state index < -0.39 is 10.0 Å². The molecule has 0 spiro atoms. The lowest BCUT2D eigenvalue weighted by atomic mass is 9.87. The van der Waals surface area contributed by atoms with Crippen molar-refractivity contribution in [1.82, 2.24) is 9.62 Å². The van der Waals surface area contributed by atoms with E-state index in [0.717, 1.165) is 29.3 Å². The molecule has 1 N–H and O–H groups in total. The molecule has 1 aliphatic heterocycles. The molecule has 0 aromatic heterocycles. The first-order valence-corrected chi connectivity index (χ1v) is 12.9. The van der Waals surface area contributed by atoms with Crippen LogP contribution in [0.15, 0.2) is 53.0 Å². The Balaban J connectivity index is 1.34. The molecule has 1 atom stereocenters. The lowest BCUT2D eigenvalue weighted by Crippen LogP contribution is -2.44. The molecule has 0 bridgehead atoms. The number of amides is 1. The van der Waals surface area contributed by atoms with Crippen molar-refractivity contribution in [1.29, 1.82) is 0 Å². The highest BCUT2D eigenvalue weighted by Gasteiger charge is 2.32. The molecule has 1 fully saturated rings. The molecule has 1 saturated heterocycles. The third-order valence-electron chi connectivity index (χ3n) is 6.14. The van der Waals surface area contributed by atoms with Gasteiger partial charge < -0.3 is 5.32 Å². The summed E-state index contributed by atoms with van der Waals surface area (Å²) in [5.41, 5.74) is 3.31. The maximum Gasteiger partial charge on any atom is 0.223 e. The zero-order valence-electron chi connectivity index (χ0n) is 16.9. The van der Waals surface area contributed by atoms with Gasteiger partial charge in [-0.15, -0.1) is 0 Å². The molecule has 0 saturated carbocycles. The van der Waals surface area contributed by atoms with E-state index in [1.807, 2.05) is 36.4 Å². The summed E-state index contributed by atoms with van der Waals surface area (Å²) in [4.78, 5) is 12.9. The quantitative estimate of drug-likeness (QED) is 0.683. The molecular formula is C23H27BrN2O3S. The van der Waals surface area contributed by atoms with Crippen molar-refractivity contribution in [3.63, 3.8) is 0 Å². The first-order chi connectivity index (χ1) is 14.4. The number of halogens is 1. The largest absolute Gasteiger partial charge is 0.349 e. The van der Waals surface area contributed by atoms with Gasteiger partial charge in [0.1, 0.15) is 0 Å². The fourth-order valence-corrected chi connectivity index (χ4v) is 6.52. The van der Waals surface area contributed by atoms with Gasteiger partial charge in [-0.1, -0.05) is 52.3 Å². The van der Waals surface area contributed by atoms with Gasteiger partial charge in [0.15, 0.2) is 0 Å². The van der Waals surface area contributed by atoms with Crippen molar-refractivity contribution in [2.45, 2.75) is 43.9 Å². The van der Waals surface area contributed by atoms with Gasteiger partial charge in [-0.3, -0.25) is 4.79 Å². The van der Waals surface area contributed by atoms with Crippen LogP contribution in [-0.2, 0) is 27.0 Å². The van der Waals surface area contributed by atoms with Crippen molar-refractivity contribution in [2.24, 2.45) is 5.92 Å². The molecule has 30 heavy (non-hydrogen) atoms. The molecule has 1 aliphatic carbocycles. The number of hydrogen-bond acceptors (Lipinski definition) is 3. The number of sulfonamides is 1. The minimum Gasteiger partial charge on any atom is -0.349 e. The second kappa shape index (κ2) is 9.20. The number of nitrogens with zero attached hydrogens (tertiary/aromatic N) is 1. The highest BCUT2D eigenvalue weighted by Crippen LogP contribution is 2.30. The summed E-state index contributed by atoms with van der Waals surface area (Å²) in [7, 11) is -3.39. The minimum atomic E-state index is -3.39. The summed E-state index contributed by atoms with van der Waals surface area (Å²) in [5.74, 6) is -0.0838. The molecular weight excluding hydrogens is 464 g/mol. The van der Waals surface area contributed by atoms with Crippen LogP contribution in [0.3, 0.4) is 0 Å². The Bertz CT molecular complexity index is 1020. The Morgan fingerprint density at radius 1 is 1.07 bits per heavy atom. The summed E-state index contributed by atoms with van der Waals surface area (Å²) in [6.45, 7) is 0.797. The number of hydrogen-bond donors (Lipinski definition) is 1. The molecule has 160 valence electrons. The monoisotopic (exact) mass is 490 g/mol. The van der Waals surface area contributed by atoms with Crippen LogP contribution in [0.4, 0.5) is 0 Å². The number of piperidine rings is 1. The standard InChI is InChI=1S/C23H27BrN2O3S/c24-20-8-3-5-17(15-20)16-30(28,29)26-13-11-19(12-14-26)23(27)25-22-10-4-7-18-6-1-2-9-21(18)22/h1-3,5-6,8-9,15,19,22H,4,7,10-14,16H2,(H,25,27)/t22-/m1/s1. The minimum absolute atomic E-state index is 0.0117. The molecule has 2 aromatic rings. The topological polar surface area (TPSA) is 66.5 Å². The summed E-state index contributed by atoms with van der Waals surface area (Å²) >= 11 is 3.39. The SMILES string of the molecule is O=C(N[C@@H]1CCCc2ccccc21)C1CCN(S(=O)(=O)Cc2cccc(Br)c2)CC1. The Morgan fingerprint density at radius 2 is 1.83 bits per heavy atom. The normalized spacial score (nSPS) is 20.5. The van der Waals surface area contributed by atoms with Crippen LogP contribution < -0.4 is 5.32 Å². The van der Waals surface area contributed by atoms with Crippen molar-refractivity contribution in [2.75, 3.05) is 13.1 Å². The van der Waals surface area contributed by atoms with Gasteiger partial charge in [-0.25, -0.2) is 12.7 Å². The zero-order valence-corrected chi connectivity index (χ0v) is 19.3. The van der Waals surface area contributed by atoms with Crippen LogP contribution in [0.1, 0.15) is 48.4 Å². The van der Waals surface area contributed by atoms with Gasteiger partial charge in [0, 0.05) is 23.5 Å². The fourth-order valence-electron chi connectivity index (χ4n) is 4.52. The Hall–Kier alpha value is -1.70. The summed E-state index contributed by atoms with van der Waals surface area (Å²) in [6.07, 6.45) is 4.24. The molecule has 4 rings (SSSR count). The summed E-state index contributed by atoms with van der Waals surface area (Å²) in [5, 5.41) is 3.23. The average Bonchev–Trinajstić information content (AvgIpc) is 2.74. The number of carbonyl (C=O) groups excluding carboxylic acids is 1. The van der Waals surface area contributed by atoms with E-state index in [9.17, 15) is 13.2 Å². The molecule has 2 aromatic carbocycles. The van der Waals surface area contributed by atoms with Gasteiger partial charge >= 0.3 is 0 Å². The van der Waals surface area contributed by atoms with Crippen molar-refractivity contribution < 1.29 is 13.2 Å². The molecule has 2 aliphatic rings. The first kappa shape index (κ1) is 21.5. The number of nitrogens with one attached hydrogen (secondary N) is 1. The lowest BCUT2D eigenvalue weighted by molar-refractivity contribution is -0.127. The molecule has 0 radical (unpaired) electrons. The average molecular weight is 491 g/mol. The van der Waals surface area contributed by atoms with Gasteiger partial charge in [0.2, 0.25) is 15.9 Å². The van der Waals surface area contributed by atoms with Gasteiger partial charge in [0.05, 0.1) is 11.8 Å². The van der Waals surface area contributed by atoms with Gasteiger partial charge in [-0.2, -0.15) is 0 Å². The summed E-state index contributed by atoms with van der Waals surface area (Å²) < 4.78 is 28.0. The van der Waals surface area contributed by atoms with Crippen molar-refractivity contribution >= 4 is 31.9 Å². The second-order valence-electron chi connectivity index (χ2n) is 8.21. The molecule has 5 nitrogen and oxygen atoms in total. The molecule has 1 amide bonds. The van der Waals surface area contributed by atoms with Crippen LogP contribution in [-0.4, -0.2) is 31.7 Å². The van der Waals surface area contributed by atoms with E-state index in [4.69, 9.17) is 0 Å². The maximum atomic E-state index is 12.9. The van der Waals surface area contributed by atoms with E-state index in [1.54, 1.807) is 0 Å². The van der Waals surface area contributed by atoms with Crippen molar-refractivity contribution in [3.05, 3.63) is 69.7 Å². The number of benzene rings is 2. The van der Waals surface area contributed by atoms with Crippen LogP contribution in [0.25, 0.3) is 0 Å². The Labute approximate surface area is 187 Å². The summed E-state index contributed by atoms with van der Waals surface area (Å²) in [6, 6.07) is 15.8. The predicted octanol–water partition coefficient (Wildman–Crippen LogP) is 4.18. The van der Waals surface area contributed by atoms with Crippen LogP contribution >= 0.6 is 15.9 Å². The van der Waals surface area contributed by atoms with E-state index in [2.05, 4.69) is 33.4 Å². The van der Waals surface area contributed by atoms with Gasteiger partial charge in [-0.05, 0) is 60.9 Å². The fraction of sp³-hybridized carbons (Fsp3) is 0.435. The van der Waals surface area contributed by atoms with E-state index in [0.29, 0.717) is 25.9 Å². The van der Waals surface area contributed by atoms with Crippen LogP contribution in [0.2, 0.25) is 0 Å². The highest BCUT2D eigenvalue weighted by atomic mass is 79.9. The van der Waals surface area contributed by atoms with E-state index >= 15 is 0 Å². The number of carbonyl (C=O) groups is 1. The lowest BCUT2D eigenvalue weighted by Gasteiger charge is -2.32. The number of rotatable bonds is 5. The predicted molar refractivity (Wildman–Crippen MR) is 121 cm³/mol. The van der Waals surface area contributed by atoms with Crippen LogP contribution in [0, 0.1) is 5.92 Å². The van der Waals surface area contributed by atoms with Gasteiger partial charge in [0.25, 0.3) is 0 Å². The second-order valence-corrected chi connectivity index (χ2v) is 11.1.